The van der Waals surface area contributed by atoms with Gasteiger partial charge in [-0.1, -0.05) is 12.1 Å². The van der Waals surface area contributed by atoms with E-state index < -0.39 is 10.0 Å². The summed E-state index contributed by atoms with van der Waals surface area (Å²) in [6.45, 7) is 4.09. The molecule has 0 bridgehead atoms. The first-order valence-corrected chi connectivity index (χ1v) is 6.18. The third-order valence-corrected chi connectivity index (χ3v) is 3.83. The minimum Gasteiger partial charge on any atom is -0.326 e. The van der Waals surface area contributed by atoms with Gasteiger partial charge in [0, 0.05) is 26.3 Å². The average Bonchev–Trinajstić information content (AvgIpc) is 2.29. The summed E-state index contributed by atoms with van der Waals surface area (Å²) in [5.41, 5.74) is 6.20. The molecule has 0 amide bonds. The van der Waals surface area contributed by atoms with Crippen LogP contribution in [0.2, 0.25) is 0 Å². The molecule has 0 aliphatic heterocycles. The van der Waals surface area contributed by atoms with Gasteiger partial charge in [-0.25, -0.2) is 13.4 Å². The molecule has 16 heavy (non-hydrogen) atoms. The zero-order valence-electron chi connectivity index (χ0n) is 9.13. The van der Waals surface area contributed by atoms with Crippen molar-refractivity contribution in [1.82, 2.24) is 9.29 Å². The first-order valence-electron chi connectivity index (χ1n) is 4.74. The predicted molar refractivity (Wildman–Crippen MR) is 62.1 cm³/mol. The summed E-state index contributed by atoms with van der Waals surface area (Å²) in [4.78, 5) is 3.88. The second kappa shape index (κ2) is 5.20. The van der Waals surface area contributed by atoms with E-state index in [9.17, 15) is 8.42 Å². The van der Waals surface area contributed by atoms with Crippen molar-refractivity contribution in [2.24, 2.45) is 5.73 Å². The van der Waals surface area contributed by atoms with Gasteiger partial charge in [0.05, 0.1) is 0 Å². The Bertz CT molecular complexity index is 453. The van der Waals surface area contributed by atoms with Gasteiger partial charge in [0.1, 0.15) is 0 Å². The second-order valence-corrected chi connectivity index (χ2v) is 5.27. The summed E-state index contributed by atoms with van der Waals surface area (Å²) in [5.74, 6) is 0. The van der Waals surface area contributed by atoms with Gasteiger partial charge in [0.15, 0.2) is 5.03 Å². The molecular weight excluding hydrogens is 226 g/mol. The Balaban J connectivity index is 3.02. The highest BCUT2D eigenvalue weighted by molar-refractivity contribution is 7.89. The normalized spacial score (nSPS) is 11.7. The smallest absolute Gasteiger partial charge is 0.260 e. The molecular formula is C10H15N3O2S. The fourth-order valence-electron chi connectivity index (χ4n) is 1.12. The molecule has 0 atom stereocenters. The Morgan fingerprint density at radius 2 is 2.25 bits per heavy atom. The number of nitrogens with zero attached hydrogens (tertiary/aromatic N) is 2. The van der Waals surface area contributed by atoms with E-state index >= 15 is 0 Å². The van der Waals surface area contributed by atoms with Crippen LogP contribution in [0.1, 0.15) is 5.56 Å². The summed E-state index contributed by atoms with van der Waals surface area (Å²) in [5, 5.41) is 0.0223. The lowest BCUT2D eigenvalue weighted by Gasteiger charge is -2.14. The maximum atomic E-state index is 11.9. The maximum Gasteiger partial charge on any atom is 0.260 e. The van der Waals surface area contributed by atoms with Gasteiger partial charge < -0.3 is 5.73 Å². The van der Waals surface area contributed by atoms with Crippen molar-refractivity contribution in [3.8, 4) is 0 Å². The molecule has 0 spiro atoms. The third kappa shape index (κ3) is 2.66. The molecule has 5 nitrogen and oxygen atoms in total. The van der Waals surface area contributed by atoms with Crippen LogP contribution in [0.15, 0.2) is 36.0 Å². The minimum absolute atomic E-state index is 0.0223. The van der Waals surface area contributed by atoms with E-state index in [0.717, 1.165) is 5.56 Å². The van der Waals surface area contributed by atoms with Gasteiger partial charge in [0.25, 0.3) is 10.0 Å². The molecule has 0 saturated heterocycles. The average molecular weight is 241 g/mol. The summed E-state index contributed by atoms with van der Waals surface area (Å²) < 4.78 is 25.0. The van der Waals surface area contributed by atoms with E-state index in [2.05, 4.69) is 11.6 Å². The SMILES string of the molecule is C=CCN(C)S(=O)(=O)c1ccc(CN)cn1. The van der Waals surface area contributed by atoms with Crippen molar-refractivity contribution < 1.29 is 8.42 Å². The monoisotopic (exact) mass is 241 g/mol. The fraction of sp³-hybridized carbons (Fsp3) is 0.300. The first-order chi connectivity index (χ1) is 7.52. The van der Waals surface area contributed by atoms with Crippen molar-refractivity contribution in [2.75, 3.05) is 13.6 Å². The van der Waals surface area contributed by atoms with Crippen molar-refractivity contribution in [3.05, 3.63) is 36.5 Å². The summed E-state index contributed by atoms with van der Waals surface area (Å²) in [6, 6.07) is 3.11. The van der Waals surface area contributed by atoms with Crippen molar-refractivity contribution in [2.45, 2.75) is 11.6 Å². The third-order valence-electron chi connectivity index (χ3n) is 2.09. The van der Waals surface area contributed by atoms with Gasteiger partial charge in [-0.3, -0.25) is 0 Å². The van der Waals surface area contributed by atoms with Crippen LogP contribution in [0.25, 0.3) is 0 Å². The van der Waals surface area contributed by atoms with Gasteiger partial charge >= 0.3 is 0 Å². The molecule has 0 saturated carbocycles. The molecule has 0 aromatic carbocycles. The number of hydrogen-bond acceptors (Lipinski definition) is 4. The quantitative estimate of drug-likeness (QED) is 0.754. The minimum atomic E-state index is -3.52. The molecule has 0 radical (unpaired) electrons. The molecule has 1 rings (SSSR count). The van der Waals surface area contributed by atoms with E-state index in [1.54, 1.807) is 6.07 Å². The Morgan fingerprint density at radius 1 is 1.56 bits per heavy atom. The van der Waals surface area contributed by atoms with Crippen molar-refractivity contribution >= 4 is 10.0 Å². The molecule has 88 valence electrons. The van der Waals surface area contributed by atoms with Crippen LogP contribution in [0.5, 0.6) is 0 Å². The van der Waals surface area contributed by atoms with E-state index in [4.69, 9.17) is 5.73 Å². The van der Waals surface area contributed by atoms with Crippen LogP contribution in [0, 0.1) is 0 Å². The lowest BCUT2D eigenvalue weighted by atomic mass is 10.3. The number of hydrogen-bond donors (Lipinski definition) is 1. The second-order valence-electron chi connectivity index (χ2n) is 3.28. The molecule has 6 heteroatoms. The largest absolute Gasteiger partial charge is 0.326 e. The van der Waals surface area contributed by atoms with E-state index in [1.807, 2.05) is 0 Å². The summed E-state index contributed by atoms with van der Waals surface area (Å²) in [6.07, 6.45) is 2.99. The van der Waals surface area contributed by atoms with Crippen LogP contribution in [0.4, 0.5) is 0 Å². The molecule has 0 aliphatic carbocycles. The van der Waals surface area contributed by atoms with Gasteiger partial charge in [-0.05, 0) is 11.6 Å². The maximum absolute atomic E-state index is 11.9. The number of nitrogens with two attached hydrogens (primary N) is 1. The van der Waals surface area contributed by atoms with Crippen molar-refractivity contribution in [1.29, 1.82) is 0 Å². The molecule has 1 heterocycles. The van der Waals surface area contributed by atoms with E-state index in [1.165, 1.54) is 29.7 Å². The molecule has 0 unspecified atom stereocenters. The lowest BCUT2D eigenvalue weighted by molar-refractivity contribution is 0.496. The van der Waals surface area contributed by atoms with Crippen LogP contribution in [-0.4, -0.2) is 31.3 Å². The molecule has 0 aliphatic rings. The molecule has 2 N–H and O–H groups in total. The van der Waals surface area contributed by atoms with Crippen molar-refractivity contribution in [3.63, 3.8) is 0 Å². The zero-order valence-corrected chi connectivity index (χ0v) is 9.94. The highest BCUT2D eigenvalue weighted by atomic mass is 32.2. The van der Waals surface area contributed by atoms with E-state index in [0.29, 0.717) is 6.54 Å². The van der Waals surface area contributed by atoms with Gasteiger partial charge in [-0.15, -0.1) is 6.58 Å². The van der Waals surface area contributed by atoms with E-state index in [-0.39, 0.29) is 11.6 Å². The number of sulfonamides is 1. The van der Waals surface area contributed by atoms with Gasteiger partial charge in [-0.2, -0.15) is 4.31 Å². The Hall–Kier alpha value is -1.24. The standard InChI is InChI=1S/C10H15N3O2S/c1-3-6-13(2)16(14,15)10-5-4-9(7-11)8-12-10/h3-5,8H,1,6-7,11H2,2H3. The Morgan fingerprint density at radius 3 is 2.69 bits per heavy atom. The number of rotatable bonds is 5. The van der Waals surface area contributed by atoms with Crippen LogP contribution in [-0.2, 0) is 16.6 Å². The van der Waals surface area contributed by atoms with Crippen LogP contribution >= 0.6 is 0 Å². The predicted octanol–water partition coefficient (Wildman–Crippen LogP) is 0.347. The highest BCUT2D eigenvalue weighted by Crippen LogP contribution is 2.11. The molecule has 0 fully saturated rings. The van der Waals surface area contributed by atoms with Crippen LogP contribution in [0.3, 0.4) is 0 Å². The fourth-order valence-corrected chi connectivity index (χ4v) is 2.17. The Labute approximate surface area is 95.6 Å². The summed E-state index contributed by atoms with van der Waals surface area (Å²) in [7, 11) is -2.03. The lowest BCUT2D eigenvalue weighted by Crippen LogP contribution is -2.27. The molecule has 1 aromatic heterocycles. The summed E-state index contributed by atoms with van der Waals surface area (Å²) >= 11 is 0. The number of aromatic nitrogens is 1. The Kier molecular flexibility index (Phi) is 4.17. The number of pyridine rings is 1. The molecule has 1 aromatic rings. The zero-order chi connectivity index (χ0) is 12.2. The van der Waals surface area contributed by atoms with Crippen LogP contribution < -0.4 is 5.73 Å². The first kappa shape index (κ1) is 12.8. The number of likely N-dealkylation sites (N-methyl/N-ethyl adjacent to an activating group) is 1. The highest BCUT2D eigenvalue weighted by Gasteiger charge is 2.20. The van der Waals surface area contributed by atoms with Gasteiger partial charge in [0.2, 0.25) is 0 Å². The topological polar surface area (TPSA) is 76.3 Å².